The molecule has 0 aliphatic rings. The number of rotatable bonds is 7. The van der Waals surface area contributed by atoms with Crippen molar-refractivity contribution in [2.75, 3.05) is 11.9 Å². The molecule has 1 N–H and O–H groups in total. The van der Waals surface area contributed by atoms with E-state index in [2.05, 4.69) is 12.2 Å². The average molecular weight is 263 g/mol. The van der Waals surface area contributed by atoms with Gasteiger partial charge in [0.05, 0.1) is 6.61 Å². The van der Waals surface area contributed by atoms with Gasteiger partial charge < -0.3 is 10.1 Å². The zero-order chi connectivity index (χ0) is 14.3. The van der Waals surface area contributed by atoms with Crippen LogP contribution < -0.4 is 5.32 Å². The van der Waals surface area contributed by atoms with Crippen molar-refractivity contribution in [1.82, 2.24) is 0 Å². The van der Waals surface area contributed by atoms with Crippen LogP contribution in [0.25, 0.3) is 0 Å². The highest BCUT2D eigenvalue weighted by Crippen LogP contribution is 2.27. The Labute approximate surface area is 116 Å². The molecular formula is C16H25NO2. The van der Waals surface area contributed by atoms with Gasteiger partial charge in [0.25, 0.3) is 0 Å². The minimum absolute atomic E-state index is 0.150. The van der Waals surface area contributed by atoms with Crippen LogP contribution in [0.2, 0.25) is 0 Å². The molecule has 0 aromatic heterocycles. The Balaban J connectivity index is 3.03. The molecule has 106 valence electrons. The number of benzene rings is 1. The Bertz CT molecular complexity index is 417. The van der Waals surface area contributed by atoms with Crippen LogP contribution in [0.4, 0.5) is 5.69 Å². The summed E-state index contributed by atoms with van der Waals surface area (Å²) < 4.78 is 5.26. The van der Waals surface area contributed by atoms with E-state index < -0.39 is 5.54 Å². The highest BCUT2D eigenvalue weighted by atomic mass is 16.5. The van der Waals surface area contributed by atoms with Crippen LogP contribution in [0.1, 0.15) is 45.6 Å². The van der Waals surface area contributed by atoms with Crippen LogP contribution in [-0.2, 0) is 9.53 Å². The second kappa shape index (κ2) is 7.17. The Morgan fingerprint density at radius 3 is 2.47 bits per heavy atom. The zero-order valence-corrected chi connectivity index (χ0v) is 12.5. The third-order valence-corrected chi connectivity index (χ3v) is 3.47. The van der Waals surface area contributed by atoms with Gasteiger partial charge in [-0.1, -0.05) is 38.5 Å². The number of carbonyl (C=O) groups is 1. The van der Waals surface area contributed by atoms with Gasteiger partial charge in [0.15, 0.2) is 0 Å². The fourth-order valence-corrected chi connectivity index (χ4v) is 2.29. The first kappa shape index (κ1) is 15.5. The third kappa shape index (κ3) is 3.72. The van der Waals surface area contributed by atoms with Crippen molar-refractivity contribution in [2.45, 2.75) is 52.5 Å². The van der Waals surface area contributed by atoms with Crippen LogP contribution >= 0.6 is 0 Å². The fourth-order valence-electron chi connectivity index (χ4n) is 2.29. The summed E-state index contributed by atoms with van der Waals surface area (Å²) in [6, 6.07) is 8.03. The van der Waals surface area contributed by atoms with Crippen molar-refractivity contribution < 1.29 is 9.53 Å². The molecule has 0 saturated heterocycles. The number of hydrogen-bond donors (Lipinski definition) is 1. The summed E-state index contributed by atoms with van der Waals surface area (Å²) in [4.78, 5) is 12.3. The molecule has 0 fully saturated rings. The number of anilines is 1. The predicted molar refractivity (Wildman–Crippen MR) is 79.4 cm³/mol. The van der Waals surface area contributed by atoms with E-state index in [1.54, 1.807) is 0 Å². The van der Waals surface area contributed by atoms with E-state index in [-0.39, 0.29) is 5.97 Å². The molecule has 19 heavy (non-hydrogen) atoms. The maximum absolute atomic E-state index is 12.3. The molecule has 0 spiro atoms. The maximum atomic E-state index is 12.3. The smallest absolute Gasteiger partial charge is 0.331 e. The van der Waals surface area contributed by atoms with Crippen molar-refractivity contribution in [3.63, 3.8) is 0 Å². The summed E-state index contributed by atoms with van der Waals surface area (Å²) in [6.45, 7) is 8.42. The number of ether oxygens (including phenoxy) is 1. The minimum atomic E-state index is -0.614. The van der Waals surface area contributed by atoms with Crippen molar-refractivity contribution in [1.29, 1.82) is 0 Å². The van der Waals surface area contributed by atoms with E-state index in [1.807, 2.05) is 45.0 Å². The van der Waals surface area contributed by atoms with E-state index in [1.165, 1.54) is 0 Å². The zero-order valence-electron chi connectivity index (χ0n) is 12.5. The van der Waals surface area contributed by atoms with Gasteiger partial charge in [-0.15, -0.1) is 0 Å². The molecule has 0 saturated carbocycles. The topological polar surface area (TPSA) is 38.3 Å². The van der Waals surface area contributed by atoms with Crippen LogP contribution in [-0.4, -0.2) is 18.1 Å². The Hall–Kier alpha value is -1.51. The molecule has 0 aliphatic carbocycles. The molecule has 3 nitrogen and oxygen atoms in total. The van der Waals surface area contributed by atoms with Gasteiger partial charge in [-0.2, -0.15) is 0 Å². The molecule has 3 heteroatoms. The fraction of sp³-hybridized carbons (Fsp3) is 0.562. The molecule has 0 heterocycles. The maximum Gasteiger partial charge on any atom is 0.331 e. The molecule has 0 aliphatic heterocycles. The lowest BCUT2D eigenvalue weighted by molar-refractivity contribution is -0.149. The van der Waals surface area contributed by atoms with Gasteiger partial charge in [-0.25, -0.2) is 4.79 Å². The molecule has 0 amide bonds. The third-order valence-electron chi connectivity index (χ3n) is 3.47. The summed E-state index contributed by atoms with van der Waals surface area (Å²) in [5.74, 6) is -0.150. The number of nitrogens with one attached hydrogen (secondary N) is 1. The molecule has 0 radical (unpaired) electrons. The highest BCUT2D eigenvalue weighted by Gasteiger charge is 2.37. The average Bonchev–Trinajstić information content (AvgIpc) is 2.41. The largest absolute Gasteiger partial charge is 0.464 e. The summed E-state index contributed by atoms with van der Waals surface area (Å²) in [5.41, 5.74) is 1.53. The summed E-state index contributed by atoms with van der Waals surface area (Å²) in [6.07, 6.45) is 2.43. The Morgan fingerprint density at radius 2 is 1.95 bits per heavy atom. The van der Waals surface area contributed by atoms with E-state index in [0.717, 1.165) is 24.1 Å². The predicted octanol–water partition coefficient (Wildman–Crippen LogP) is 3.92. The van der Waals surface area contributed by atoms with Gasteiger partial charge in [-0.05, 0) is 38.3 Å². The van der Waals surface area contributed by atoms with Gasteiger partial charge in [0.2, 0.25) is 0 Å². The first-order valence-corrected chi connectivity index (χ1v) is 7.10. The normalized spacial score (nSPS) is 13.7. The highest BCUT2D eigenvalue weighted by molar-refractivity contribution is 5.84. The van der Waals surface area contributed by atoms with Crippen LogP contribution in [0.5, 0.6) is 0 Å². The Morgan fingerprint density at radius 1 is 1.26 bits per heavy atom. The van der Waals surface area contributed by atoms with Crippen molar-refractivity contribution in [3.05, 3.63) is 29.8 Å². The molecule has 1 unspecified atom stereocenters. The lowest BCUT2D eigenvalue weighted by atomic mass is 9.89. The van der Waals surface area contributed by atoms with Crippen molar-refractivity contribution in [2.24, 2.45) is 0 Å². The van der Waals surface area contributed by atoms with E-state index in [4.69, 9.17) is 4.74 Å². The number of hydrogen-bond acceptors (Lipinski definition) is 3. The number of para-hydroxylation sites is 1. The number of esters is 1. The first-order chi connectivity index (χ1) is 9.09. The second-order valence-corrected chi connectivity index (χ2v) is 4.85. The minimum Gasteiger partial charge on any atom is -0.464 e. The van der Waals surface area contributed by atoms with Gasteiger partial charge in [0, 0.05) is 5.69 Å². The Kier molecular flexibility index (Phi) is 5.87. The number of aryl methyl sites for hydroxylation is 1. The van der Waals surface area contributed by atoms with Gasteiger partial charge >= 0.3 is 5.97 Å². The molecule has 1 rings (SSSR count). The first-order valence-electron chi connectivity index (χ1n) is 7.10. The summed E-state index contributed by atoms with van der Waals surface area (Å²) >= 11 is 0. The van der Waals surface area contributed by atoms with E-state index in [9.17, 15) is 4.79 Å². The summed E-state index contributed by atoms with van der Waals surface area (Å²) in [7, 11) is 0. The monoisotopic (exact) mass is 263 g/mol. The van der Waals surface area contributed by atoms with Crippen LogP contribution in [0.15, 0.2) is 24.3 Å². The quantitative estimate of drug-likeness (QED) is 0.758. The van der Waals surface area contributed by atoms with Crippen LogP contribution in [0, 0.1) is 6.92 Å². The van der Waals surface area contributed by atoms with E-state index >= 15 is 0 Å². The van der Waals surface area contributed by atoms with Gasteiger partial charge in [-0.3, -0.25) is 0 Å². The lowest BCUT2D eigenvalue weighted by Gasteiger charge is -2.32. The molecule has 0 bridgehead atoms. The SMILES string of the molecule is CCCC(CC)(Nc1ccccc1C)C(=O)OCC. The molecule has 1 aromatic rings. The molecular weight excluding hydrogens is 238 g/mol. The molecule has 1 atom stereocenters. The molecule has 1 aromatic carbocycles. The number of carbonyl (C=O) groups excluding carboxylic acids is 1. The standard InChI is InChI=1S/C16H25NO2/c1-5-12-16(6-2,15(18)19-7-3)17-14-11-9-8-10-13(14)4/h8-11,17H,5-7,12H2,1-4H3. The van der Waals surface area contributed by atoms with Crippen molar-refractivity contribution >= 4 is 11.7 Å². The van der Waals surface area contributed by atoms with Crippen LogP contribution in [0.3, 0.4) is 0 Å². The summed E-state index contributed by atoms with van der Waals surface area (Å²) in [5, 5.41) is 3.42. The lowest BCUT2D eigenvalue weighted by Crippen LogP contribution is -2.47. The van der Waals surface area contributed by atoms with Crippen molar-refractivity contribution in [3.8, 4) is 0 Å². The second-order valence-electron chi connectivity index (χ2n) is 4.85. The van der Waals surface area contributed by atoms with E-state index in [0.29, 0.717) is 13.0 Å². The van der Waals surface area contributed by atoms with Gasteiger partial charge in [0.1, 0.15) is 5.54 Å².